The van der Waals surface area contributed by atoms with Crippen LogP contribution in [0.1, 0.15) is 22.5 Å². The third-order valence-electron chi connectivity index (χ3n) is 4.72. The standard InChI is InChI=1S/C19H22N4O3/c20-13-16-18(21-17(7-11-24)23(10-12-25)19(16)26)22-8-5-14-3-1-2-4-15(14)6-9-22/h1-4,24-25H,5-12H2. The second-order valence-electron chi connectivity index (χ2n) is 6.25. The molecule has 26 heavy (non-hydrogen) atoms. The zero-order valence-corrected chi connectivity index (χ0v) is 14.6. The van der Waals surface area contributed by atoms with Gasteiger partial charge in [-0.05, 0) is 24.0 Å². The van der Waals surface area contributed by atoms with Gasteiger partial charge in [0.2, 0.25) is 0 Å². The highest BCUT2D eigenvalue weighted by Gasteiger charge is 2.22. The van der Waals surface area contributed by atoms with Crippen LogP contribution in [-0.4, -0.2) is 46.1 Å². The minimum absolute atomic E-state index is 0.00824. The van der Waals surface area contributed by atoms with E-state index >= 15 is 0 Å². The van der Waals surface area contributed by atoms with E-state index in [0.717, 1.165) is 12.8 Å². The Morgan fingerprint density at radius 2 is 1.77 bits per heavy atom. The van der Waals surface area contributed by atoms with Gasteiger partial charge in [0, 0.05) is 19.5 Å². The lowest BCUT2D eigenvalue weighted by Gasteiger charge is -2.24. The van der Waals surface area contributed by atoms with Gasteiger partial charge in [0.15, 0.2) is 11.4 Å². The quantitative estimate of drug-likeness (QED) is 0.798. The molecule has 0 unspecified atom stereocenters. The molecule has 0 amide bonds. The molecule has 0 atom stereocenters. The number of nitrogens with zero attached hydrogens (tertiary/aromatic N) is 4. The molecule has 136 valence electrons. The molecule has 2 N–H and O–H groups in total. The SMILES string of the molecule is N#Cc1c(N2CCc3ccccc3CC2)nc(CCO)n(CCO)c1=O. The molecule has 2 heterocycles. The molecule has 0 fully saturated rings. The zero-order valence-electron chi connectivity index (χ0n) is 14.6. The maximum atomic E-state index is 12.7. The highest BCUT2D eigenvalue weighted by atomic mass is 16.3. The van der Waals surface area contributed by atoms with Gasteiger partial charge in [0.1, 0.15) is 11.9 Å². The van der Waals surface area contributed by atoms with Gasteiger partial charge in [-0.1, -0.05) is 24.3 Å². The summed E-state index contributed by atoms with van der Waals surface area (Å²) in [4.78, 5) is 19.2. The Labute approximate surface area is 151 Å². The van der Waals surface area contributed by atoms with Crippen molar-refractivity contribution in [2.45, 2.75) is 25.8 Å². The van der Waals surface area contributed by atoms with E-state index in [-0.39, 0.29) is 31.7 Å². The average molecular weight is 354 g/mol. The number of anilines is 1. The van der Waals surface area contributed by atoms with E-state index in [1.807, 2.05) is 23.1 Å². The third-order valence-corrected chi connectivity index (χ3v) is 4.72. The predicted molar refractivity (Wildman–Crippen MR) is 97.2 cm³/mol. The largest absolute Gasteiger partial charge is 0.396 e. The molecular formula is C19H22N4O3. The van der Waals surface area contributed by atoms with E-state index in [1.165, 1.54) is 15.7 Å². The van der Waals surface area contributed by atoms with Crippen molar-refractivity contribution in [1.82, 2.24) is 9.55 Å². The van der Waals surface area contributed by atoms with E-state index in [1.54, 1.807) is 0 Å². The van der Waals surface area contributed by atoms with E-state index in [2.05, 4.69) is 17.1 Å². The lowest BCUT2D eigenvalue weighted by molar-refractivity contribution is 0.264. The van der Waals surface area contributed by atoms with E-state index in [0.29, 0.717) is 24.7 Å². The van der Waals surface area contributed by atoms with Gasteiger partial charge < -0.3 is 15.1 Å². The highest BCUT2D eigenvalue weighted by molar-refractivity contribution is 5.54. The monoisotopic (exact) mass is 354 g/mol. The number of aromatic nitrogens is 2. The van der Waals surface area contributed by atoms with Gasteiger partial charge in [-0.25, -0.2) is 4.98 Å². The summed E-state index contributed by atoms with van der Waals surface area (Å²) in [6.45, 7) is 1.00. The lowest BCUT2D eigenvalue weighted by Crippen LogP contribution is -2.35. The molecule has 3 rings (SSSR count). The molecule has 1 aliphatic heterocycles. The lowest BCUT2D eigenvalue weighted by atomic mass is 10.0. The first kappa shape index (κ1) is 18.1. The molecule has 2 aromatic rings. The minimum Gasteiger partial charge on any atom is -0.396 e. The summed E-state index contributed by atoms with van der Waals surface area (Å²) in [5.74, 6) is 0.769. The van der Waals surface area contributed by atoms with Gasteiger partial charge in [-0.3, -0.25) is 9.36 Å². The average Bonchev–Trinajstić information content (AvgIpc) is 2.87. The van der Waals surface area contributed by atoms with Crippen LogP contribution in [0.25, 0.3) is 0 Å². The molecule has 0 bridgehead atoms. The molecule has 0 saturated carbocycles. The Balaban J connectivity index is 2.02. The summed E-state index contributed by atoms with van der Waals surface area (Å²) in [5, 5.41) is 28.1. The fourth-order valence-corrected chi connectivity index (χ4v) is 3.41. The minimum atomic E-state index is -0.461. The summed E-state index contributed by atoms with van der Waals surface area (Å²) in [7, 11) is 0. The van der Waals surface area contributed by atoms with Gasteiger partial charge in [0.05, 0.1) is 19.8 Å². The predicted octanol–water partition coefficient (Wildman–Crippen LogP) is 0.247. The summed E-state index contributed by atoms with van der Waals surface area (Å²) in [6, 6.07) is 10.2. The van der Waals surface area contributed by atoms with Gasteiger partial charge in [-0.2, -0.15) is 5.26 Å². The van der Waals surface area contributed by atoms with Gasteiger partial charge in [-0.15, -0.1) is 0 Å². The maximum Gasteiger partial charge on any atom is 0.273 e. The molecular weight excluding hydrogens is 332 g/mol. The van der Waals surface area contributed by atoms with Crippen LogP contribution in [0.2, 0.25) is 0 Å². The van der Waals surface area contributed by atoms with Gasteiger partial charge in [0.25, 0.3) is 5.56 Å². The molecule has 0 aliphatic carbocycles. The molecule has 7 nitrogen and oxygen atoms in total. The van der Waals surface area contributed by atoms with Crippen molar-refractivity contribution in [1.29, 1.82) is 5.26 Å². The highest BCUT2D eigenvalue weighted by Crippen LogP contribution is 2.21. The van der Waals surface area contributed by atoms with Crippen molar-refractivity contribution in [3.05, 3.63) is 57.1 Å². The first-order valence-corrected chi connectivity index (χ1v) is 8.76. The first-order valence-electron chi connectivity index (χ1n) is 8.76. The van der Waals surface area contributed by atoms with Crippen molar-refractivity contribution in [3.8, 4) is 6.07 Å². The summed E-state index contributed by atoms with van der Waals surface area (Å²) >= 11 is 0. The zero-order chi connectivity index (χ0) is 18.5. The molecule has 7 heteroatoms. The Hall–Kier alpha value is -2.69. The number of aliphatic hydroxyl groups is 2. The maximum absolute atomic E-state index is 12.7. The summed E-state index contributed by atoms with van der Waals surface area (Å²) in [5.41, 5.74) is 2.08. The number of nitriles is 1. The number of hydrogen-bond acceptors (Lipinski definition) is 6. The van der Waals surface area contributed by atoms with Crippen LogP contribution < -0.4 is 10.5 Å². The fraction of sp³-hybridized carbons (Fsp3) is 0.421. The molecule has 1 aliphatic rings. The van der Waals surface area contributed by atoms with Crippen LogP contribution >= 0.6 is 0 Å². The van der Waals surface area contributed by atoms with Crippen LogP contribution in [-0.2, 0) is 25.8 Å². The second kappa shape index (κ2) is 8.13. The van der Waals surface area contributed by atoms with E-state index in [4.69, 9.17) is 0 Å². The van der Waals surface area contributed by atoms with Crippen LogP contribution in [0.4, 0.5) is 5.82 Å². The van der Waals surface area contributed by atoms with Crippen LogP contribution in [0.5, 0.6) is 0 Å². The third kappa shape index (κ3) is 3.47. The van der Waals surface area contributed by atoms with Crippen molar-refractivity contribution >= 4 is 5.82 Å². The van der Waals surface area contributed by atoms with Crippen LogP contribution in [0.15, 0.2) is 29.1 Å². The first-order chi connectivity index (χ1) is 12.7. The van der Waals surface area contributed by atoms with Crippen molar-refractivity contribution in [2.24, 2.45) is 0 Å². The molecule has 0 radical (unpaired) electrons. The second-order valence-corrected chi connectivity index (χ2v) is 6.25. The Morgan fingerprint density at radius 3 is 2.31 bits per heavy atom. The number of aliphatic hydroxyl groups excluding tert-OH is 2. The number of benzene rings is 1. The Morgan fingerprint density at radius 1 is 1.12 bits per heavy atom. The fourth-order valence-electron chi connectivity index (χ4n) is 3.41. The summed E-state index contributed by atoms with van der Waals surface area (Å²) < 4.78 is 1.28. The van der Waals surface area contributed by atoms with Crippen molar-refractivity contribution in [3.63, 3.8) is 0 Å². The smallest absolute Gasteiger partial charge is 0.273 e. The topological polar surface area (TPSA) is 102 Å². The number of fused-ring (bicyclic) bond motifs is 1. The van der Waals surface area contributed by atoms with E-state index < -0.39 is 5.56 Å². The van der Waals surface area contributed by atoms with Gasteiger partial charge >= 0.3 is 0 Å². The molecule has 1 aromatic heterocycles. The van der Waals surface area contributed by atoms with Crippen LogP contribution in [0.3, 0.4) is 0 Å². The van der Waals surface area contributed by atoms with Crippen LogP contribution in [0, 0.1) is 11.3 Å². The van der Waals surface area contributed by atoms with Crippen molar-refractivity contribution < 1.29 is 10.2 Å². The Bertz CT molecular complexity index is 858. The molecule has 0 saturated heterocycles. The number of hydrogen-bond donors (Lipinski definition) is 2. The van der Waals surface area contributed by atoms with Crippen molar-refractivity contribution in [2.75, 3.05) is 31.2 Å². The number of rotatable bonds is 5. The molecule has 1 aromatic carbocycles. The summed E-state index contributed by atoms with van der Waals surface area (Å²) in [6.07, 6.45) is 1.83. The normalized spacial score (nSPS) is 13.8. The molecule has 0 spiro atoms. The Kier molecular flexibility index (Phi) is 5.66. The van der Waals surface area contributed by atoms with E-state index in [9.17, 15) is 20.3 Å².